The van der Waals surface area contributed by atoms with Gasteiger partial charge >= 0.3 is 0 Å². The van der Waals surface area contributed by atoms with Crippen LogP contribution in [0.15, 0.2) is 54.6 Å². The van der Waals surface area contributed by atoms with Gasteiger partial charge in [0.05, 0.1) is 7.11 Å². The Morgan fingerprint density at radius 2 is 1.77 bits per heavy atom. The molecule has 0 saturated carbocycles. The second kappa shape index (κ2) is 7.45. The van der Waals surface area contributed by atoms with Gasteiger partial charge in [-0.3, -0.25) is 10.1 Å². The summed E-state index contributed by atoms with van der Waals surface area (Å²) >= 11 is 0. The molecule has 0 aliphatic heterocycles. The van der Waals surface area contributed by atoms with E-state index in [4.69, 9.17) is 4.74 Å². The topological polar surface area (TPSA) is 64.4 Å². The molecular formula is C17H20N2O3. The predicted octanol–water partition coefficient (Wildman–Crippen LogP) is 3.90. The monoisotopic (exact) mass is 300 g/mol. The molecule has 5 nitrogen and oxygen atoms in total. The Bertz CT molecular complexity index is 599. The number of methoxy groups -OCH3 is 1. The third-order valence-corrected chi connectivity index (χ3v) is 3.64. The van der Waals surface area contributed by atoms with Gasteiger partial charge in [0.2, 0.25) is 6.04 Å². The normalized spacial score (nSPS) is 13.2. The molecule has 0 unspecified atom stereocenters. The van der Waals surface area contributed by atoms with Gasteiger partial charge in [0.1, 0.15) is 11.8 Å². The van der Waals surface area contributed by atoms with Crippen LogP contribution >= 0.6 is 0 Å². The van der Waals surface area contributed by atoms with Gasteiger partial charge in [-0.05, 0) is 29.8 Å². The molecule has 0 aliphatic rings. The molecule has 1 N–H and O–H groups in total. The predicted molar refractivity (Wildman–Crippen MR) is 86.9 cm³/mol. The fraction of sp³-hybridized carbons (Fsp3) is 0.294. The Hall–Kier alpha value is -2.56. The quantitative estimate of drug-likeness (QED) is 0.622. The van der Waals surface area contributed by atoms with Crippen LogP contribution in [0.2, 0.25) is 0 Å². The van der Waals surface area contributed by atoms with Crippen LogP contribution < -0.4 is 10.1 Å². The second-order valence-corrected chi connectivity index (χ2v) is 5.02. The fourth-order valence-electron chi connectivity index (χ4n) is 2.44. The van der Waals surface area contributed by atoms with E-state index in [-0.39, 0.29) is 11.0 Å². The number of benzene rings is 2. The van der Waals surface area contributed by atoms with E-state index < -0.39 is 6.04 Å². The second-order valence-electron chi connectivity index (χ2n) is 5.02. The maximum absolute atomic E-state index is 11.4. The van der Waals surface area contributed by atoms with Crippen molar-refractivity contribution >= 4 is 5.69 Å². The van der Waals surface area contributed by atoms with Gasteiger partial charge in [0.25, 0.3) is 0 Å². The van der Waals surface area contributed by atoms with Crippen molar-refractivity contribution in [2.75, 3.05) is 12.4 Å². The van der Waals surface area contributed by atoms with Crippen LogP contribution in [0.1, 0.15) is 24.9 Å². The van der Waals surface area contributed by atoms with Crippen LogP contribution in [0.3, 0.4) is 0 Å². The Kier molecular flexibility index (Phi) is 5.36. The minimum absolute atomic E-state index is 0.214. The van der Waals surface area contributed by atoms with Gasteiger partial charge in [-0.2, -0.15) is 0 Å². The smallest absolute Gasteiger partial charge is 0.236 e. The van der Waals surface area contributed by atoms with E-state index >= 15 is 0 Å². The highest BCUT2D eigenvalue weighted by Gasteiger charge is 2.31. The van der Waals surface area contributed by atoms with Crippen LogP contribution in [-0.4, -0.2) is 18.1 Å². The number of anilines is 1. The Morgan fingerprint density at radius 3 is 2.27 bits per heavy atom. The highest BCUT2D eigenvalue weighted by molar-refractivity contribution is 5.48. The summed E-state index contributed by atoms with van der Waals surface area (Å²) in [5, 5.41) is 14.7. The first-order valence-corrected chi connectivity index (χ1v) is 7.24. The lowest BCUT2D eigenvalue weighted by Gasteiger charge is -2.23. The number of ether oxygens (including phenoxy) is 1. The van der Waals surface area contributed by atoms with Gasteiger partial charge in [-0.15, -0.1) is 0 Å². The largest absolute Gasteiger partial charge is 0.497 e. The van der Waals surface area contributed by atoms with Crippen molar-refractivity contribution in [1.82, 2.24) is 0 Å². The van der Waals surface area contributed by atoms with Gasteiger partial charge in [0.15, 0.2) is 0 Å². The number of nitrogens with one attached hydrogen (secondary N) is 1. The van der Waals surface area contributed by atoms with Gasteiger partial charge in [-0.1, -0.05) is 37.3 Å². The maximum atomic E-state index is 11.4. The summed E-state index contributed by atoms with van der Waals surface area (Å²) in [6, 6.07) is 15.8. The van der Waals surface area contributed by atoms with E-state index in [0.717, 1.165) is 17.0 Å². The molecule has 0 bridgehead atoms. The zero-order valence-corrected chi connectivity index (χ0v) is 12.7. The highest BCUT2D eigenvalue weighted by Crippen LogP contribution is 2.27. The molecule has 0 radical (unpaired) electrons. The number of hydrogen-bond donors (Lipinski definition) is 1. The number of rotatable bonds is 7. The molecule has 0 aliphatic carbocycles. The van der Waals surface area contributed by atoms with Gasteiger partial charge in [-0.25, -0.2) is 0 Å². The molecule has 0 aromatic heterocycles. The first-order valence-electron chi connectivity index (χ1n) is 7.24. The minimum atomic E-state index is -0.690. The molecule has 0 fully saturated rings. The van der Waals surface area contributed by atoms with E-state index in [2.05, 4.69) is 5.32 Å². The Labute approximate surface area is 130 Å². The highest BCUT2D eigenvalue weighted by atomic mass is 16.6. The fourth-order valence-corrected chi connectivity index (χ4v) is 2.44. The zero-order chi connectivity index (χ0) is 15.9. The van der Waals surface area contributed by atoms with E-state index in [1.54, 1.807) is 7.11 Å². The molecule has 116 valence electrons. The van der Waals surface area contributed by atoms with E-state index in [1.165, 1.54) is 0 Å². The molecule has 2 aromatic rings. The molecule has 2 aromatic carbocycles. The summed E-state index contributed by atoms with van der Waals surface area (Å²) in [6.45, 7) is 1.83. The average molecular weight is 300 g/mol. The molecular weight excluding hydrogens is 280 g/mol. The first-order chi connectivity index (χ1) is 10.7. The molecule has 22 heavy (non-hydrogen) atoms. The molecule has 0 heterocycles. The minimum Gasteiger partial charge on any atom is -0.497 e. The van der Waals surface area contributed by atoms with Crippen molar-refractivity contribution in [2.45, 2.75) is 25.4 Å². The summed E-state index contributed by atoms with van der Waals surface area (Å²) in [5.41, 5.74) is 1.73. The molecule has 0 saturated heterocycles. The summed E-state index contributed by atoms with van der Waals surface area (Å²) in [6.07, 6.45) is 0.454. The van der Waals surface area contributed by atoms with Crippen LogP contribution in [0.5, 0.6) is 5.75 Å². The summed E-state index contributed by atoms with van der Waals surface area (Å²) < 4.78 is 5.13. The van der Waals surface area contributed by atoms with E-state index in [9.17, 15) is 10.1 Å². The van der Waals surface area contributed by atoms with Crippen molar-refractivity contribution < 1.29 is 9.66 Å². The first kappa shape index (κ1) is 15.8. The standard InChI is InChI=1S/C17H20N2O3/c1-3-16(19(20)21)17(13-7-5-4-6-8-13)18-14-9-11-15(22-2)12-10-14/h4-12,16-18H,3H2,1-2H3/t16-,17-/m1/s1. The molecule has 0 spiro atoms. The van der Waals surface area contributed by atoms with E-state index in [0.29, 0.717) is 6.42 Å². The van der Waals surface area contributed by atoms with Crippen molar-refractivity contribution in [2.24, 2.45) is 0 Å². The van der Waals surface area contributed by atoms with Crippen LogP contribution in [0.25, 0.3) is 0 Å². The number of hydrogen-bond acceptors (Lipinski definition) is 4. The van der Waals surface area contributed by atoms with Crippen molar-refractivity contribution in [1.29, 1.82) is 0 Å². The van der Waals surface area contributed by atoms with Crippen molar-refractivity contribution in [3.8, 4) is 5.75 Å². The lowest BCUT2D eigenvalue weighted by Crippen LogP contribution is -2.32. The third kappa shape index (κ3) is 3.75. The SMILES string of the molecule is CC[C@H]([C@H](Nc1ccc(OC)cc1)c1ccccc1)[N+](=O)[O-]. The lowest BCUT2D eigenvalue weighted by molar-refractivity contribution is -0.526. The van der Waals surface area contributed by atoms with E-state index in [1.807, 2.05) is 61.5 Å². The number of nitro groups is 1. The molecule has 2 atom stereocenters. The molecule has 2 rings (SSSR count). The Balaban J connectivity index is 2.29. The molecule has 0 amide bonds. The number of nitrogens with zero attached hydrogens (tertiary/aromatic N) is 1. The average Bonchev–Trinajstić information content (AvgIpc) is 2.55. The van der Waals surface area contributed by atoms with Crippen LogP contribution in [0, 0.1) is 10.1 Å². The third-order valence-electron chi connectivity index (χ3n) is 3.64. The van der Waals surface area contributed by atoms with Crippen LogP contribution in [0.4, 0.5) is 5.69 Å². The summed E-state index contributed by atoms with van der Waals surface area (Å²) in [5.74, 6) is 0.753. The summed E-state index contributed by atoms with van der Waals surface area (Å²) in [7, 11) is 1.61. The van der Waals surface area contributed by atoms with Crippen molar-refractivity contribution in [3.05, 3.63) is 70.3 Å². The summed E-state index contributed by atoms with van der Waals surface area (Å²) in [4.78, 5) is 11.2. The molecule has 5 heteroatoms. The van der Waals surface area contributed by atoms with Gasteiger partial charge < -0.3 is 10.1 Å². The lowest BCUT2D eigenvalue weighted by atomic mass is 9.97. The van der Waals surface area contributed by atoms with Crippen LogP contribution in [-0.2, 0) is 0 Å². The zero-order valence-electron chi connectivity index (χ0n) is 12.7. The maximum Gasteiger partial charge on any atom is 0.236 e. The Morgan fingerprint density at radius 1 is 1.14 bits per heavy atom. The van der Waals surface area contributed by atoms with Crippen molar-refractivity contribution in [3.63, 3.8) is 0 Å². The van der Waals surface area contributed by atoms with Gasteiger partial charge in [0, 0.05) is 17.0 Å².